The van der Waals surface area contributed by atoms with E-state index in [2.05, 4.69) is 20.9 Å². The molecule has 8 heteroatoms. The molecule has 0 bridgehead atoms. The summed E-state index contributed by atoms with van der Waals surface area (Å²) in [6, 6.07) is 6.51. The number of amides is 4. The van der Waals surface area contributed by atoms with Gasteiger partial charge in [0.05, 0.1) is 12.1 Å². The number of anilines is 1. The van der Waals surface area contributed by atoms with Crippen LogP contribution in [0.1, 0.15) is 12.0 Å². The lowest BCUT2D eigenvalue weighted by molar-refractivity contribution is -0.124. The van der Waals surface area contributed by atoms with Crippen molar-refractivity contribution in [3.8, 4) is 11.3 Å². The fourth-order valence-electron chi connectivity index (χ4n) is 2.15. The first-order valence-corrected chi connectivity index (χ1v) is 7.83. The molecule has 1 fully saturated rings. The van der Waals surface area contributed by atoms with Crippen LogP contribution < -0.4 is 16.0 Å². The molecule has 2 heterocycles. The Kier molecular flexibility index (Phi) is 4.07. The Hall–Kier alpha value is -2.74. The Bertz CT molecular complexity index is 769. The predicted molar refractivity (Wildman–Crippen MR) is 86.0 cm³/mol. The van der Waals surface area contributed by atoms with Crippen molar-refractivity contribution in [1.82, 2.24) is 15.6 Å². The molecule has 1 aliphatic rings. The van der Waals surface area contributed by atoms with E-state index in [9.17, 15) is 14.4 Å². The van der Waals surface area contributed by atoms with Crippen LogP contribution in [0.4, 0.5) is 9.93 Å². The highest BCUT2D eigenvalue weighted by Gasteiger charge is 2.31. The Morgan fingerprint density at radius 3 is 2.70 bits per heavy atom. The van der Waals surface area contributed by atoms with Crippen molar-refractivity contribution in [1.29, 1.82) is 0 Å². The Morgan fingerprint density at radius 1 is 1.30 bits per heavy atom. The summed E-state index contributed by atoms with van der Waals surface area (Å²) in [5.41, 5.74) is 2.90. The van der Waals surface area contributed by atoms with Gasteiger partial charge in [-0.05, 0) is 6.92 Å². The van der Waals surface area contributed by atoms with Gasteiger partial charge in [0.1, 0.15) is 6.04 Å². The molecule has 4 amide bonds. The van der Waals surface area contributed by atoms with Crippen LogP contribution in [0.15, 0.2) is 29.6 Å². The van der Waals surface area contributed by atoms with Gasteiger partial charge in [-0.2, -0.15) is 0 Å². The van der Waals surface area contributed by atoms with Crippen LogP contribution in [0, 0.1) is 6.92 Å². The van der Waals surface area contributed by atoms with Gasteiger partial charge in [-0.25, -0.2) is 9.78 Å². The number of imide groups is 1. The molecule has 23 heavy (non-hydrogen) atoms. The minimum Gasteiger partial charge on any atom is -0.325 e. The highest BCUT2D eigenvalue weighted by Crippen LogP contribution is 2.25. The van der Waals surface area contributed by atoms with E-state index in [0.29, 0.717) is 5.13 Å². The number of hydrogen-bond donors (Lipinski definition) is 3. The monoisotopic (exact) mass is 330 g/mol. The van der Waals surface area contributed by atoms with Crippen LogP contribution in [-0.2, 0) is 9.59 Å². The number of rotatable bonds is 4. The predicted octanol–water partition coefficient (Wildman–Crippen LogP) is 1.66. The average Bonchev–Trinajstić information content (AvgIpc) is 3.07. The highest BCUT2D eigenvalue weighted by molar-refractivity contribution is 7.14. The maximum absolute atomic E-state index is 11.9. The lowest BCUT2D eigenvalue weighted by atomic mass is 10.1. The normalized spacial score (nSPS) is 16.8. The van der Waals surface area contributed by atoms with Gasteiger partial charge >= 0.3 is 6.03 Å². The van der Waals surface area contributed by atoms with Crippen LogP contribution in [0.25, 0.3) is 11.3 Å². The Labute approximate surface area is 136 Å². The summed E-state index contributed by atoms with van der Waals surface area (Å²) in [5, 5.41) is 9.41. The zero-order chi connectivity index (χ0) is 16.4. The van der Waals surface area contributed by atoms with E-state index in [4.69, 9.17) is 0 Å². The molecule has 118 valence electrons. The maximum Gasteiger partial charge on any atom is 0.322 e. The number of nitrogens with zero attached hydrogens (tertiary/aromatic N) is 1. The number of thiazole rings is 1. The van der Waals surface area contributed by atoms with E-state index in [-0.39, 0.29) is 12.3 Å². The number of benzene rings is 1. The first-order valence-electron chi connectivity index (χ1n) is 6.95. The lowest BCUT2D eigenvalue weighted by Gasteiger charge is -2.06. The van der Waals surface area contributed by atoms with Gasteiger partial charge in [-0.15, -0.1) is 11.3 Å². The Balaban J connectivity index is 1.62. The summed E-state index contributed by atoms with van der Waals surface area (Å²) in [6.45, 7) is 2.01. The molecule has 0 spiro atoms. The van der Waals surface area contributed by atoms with Gasteiger partial charge in [0.15, 0.2) is 5.13 Å². The molecule has 3 N–H and O–H groups in total. The van der Waals surface area contributed by atoms with Crippen LogP contribution in [0.3, 0.4) is 0 Å². The minimum absolute atomic E-state index is 0.128. The SMILES string of the molecule is Cc1ccc(-c2csc(NC(=O)C[C@@H]3NC(=O)NC3=O)n2)cc1. The average molecular weight is 330 g/mol. The summed E-state index contributed by atoms with van der Waals surface area (Å²) in [5.74, 6) is -0.873. The number of urea groups is 1. The van der Waals surface area contributed by atoms with Crippen LogP contribution >= 0.6 is 11.3 Å². The number of aryl methyl sites for hydroxylation is 1. The van der Waals surface area contributed by atoms with Gasteiger partial charge in [-0.3, -0.25) is 14.9 Å². The third kappa shape index (κ3) is 3.54. The molecule has 2 aromatic rings. The van der Waals surface area contributed by atoms with Crippen molar-refractivity contribution in [2.24, 2.45) is 0 Å². The molecule has 0 aliphatic carbocycles. The van der Waals surface area contributed by atoms with Crippen LogP contribution in [-0.4, -0.2) is 28.9 Å². The molecule has 1 saturated heterocycles. The molecular formula is C15H14N4O3S. The second-order valence-electron chi connectivity index (χ2n) is 5.17. The molecule has 1 aromatic heterocycles. The van der Waals surface area contributed by atoms with Crippen molar-refractivity contribution in [2.45, 2.75) is 19.4 Å². The van der Waals surface area contributed by atoms with Crippen LogP contribution in [0.5, 0.6) is 0 Å². The number of carbonyl (C=O) groups is 3. The summed E-state index contributed by atoms with van der Waals surface area (Å²) in [4.78, 5) is 38.7. The third-order valence-electron chi connectivity index (χ3n) is 3.35. The molecule has 0 unspecified atom stereocenters. The number of aromatic nitrogens is 1. The van der Waals surface area contributed by atoms with Crippen molar-refractivity contribution in [3.05, 3.63) is 35.2 Å². The quantitative estimate of drug-likeness (QED) is 0.742. The molecule has 1 aliphatic heterocycles. The minimum atomic E-state index is -0.834. The molecular weight excluding hydrogens is 316 g/mol. The van der Waals surface area contributed by atoms with E-state index in [1.165, 1.54) is 11.3 Å². The zero-order valence-corrected chi connectivity index (χ0v) is 13.1. The molecule has 1 atom stereocenters. The summed E-state index contributed by atoms with van der Waals surface area (Å²) < 4.78 is 0. The Morgan fingerprint density at radius 2 is 2.04 bits per heavy atom. The second-order valence-corrected chi connectivity index (χ2v) is 6.03. The summed E-state index contributed by atoms with van der Waals surface area (Å²) in [6.07, 6.45) is -0.128. The standard InChI is InChI=1S/C15H14N4O3S/c1-8-2-4-9(5-3-8)11-7-23-15(17-11)18-12(20)6-10-13(21)19-14(22)16-10/h2-5,7,10H,6H2,1H3,(H,17,18,20)(H2,16,19,21,22)/t10-/m0/s1. The molecule has 0 radical (unpaired) electrons. The van der Waals surface area contributed by atoms with E-state index in [0.717, 1.165) is 16.8 Å². The lowest BCUT2D eigenvalue weighted by Crippen LogP contribution is -2.33. The first-order chi connectivity index (χ1) is 11.0. The van der Waals surface area contributed by atoms with Gasteiger partial charge in [-0.1, -0.05) is 29.8 Å². The summed E-state index contributed by atoms with van der Waals surface area (Å²) >= 11 is 1.31. The number of hydrogen-bond acceptors (Lipinski definition) is 5. The van der Waals surface area contributed by atoms with Gasteiger partial charge in [0.2, 0.25) is 5.91 Å². The molecule has 0 saturated carbocycles. The zero-order valence-electron chi connectivity index (χ0n) is 12.3. The number of nitrogens with one attached hydrogen (secondary N) is 3. The van der Waals surface area contributed by atoms with E-state index in [1.54, 1.807) is 0 Å². The molecule has 1 aromatic carbocycles. The van der Waals surface area contributed by atoms with E-state index >= 15 is 0 Å². The van der Waals surface area contributed by atoms with Crippen LogP contribution in [0.2, 0.25) is 0 Å². The number of carbonyl (C=O) groups excluding carboxylic acids is 3. The first kappa shape index (κ1) is 15.2. The van der Waals surface area contributed by atoms with Crippen molar-refractivity contribution >= 4 is 34.3 Å². The maximum atomic E-state index is 11.9. The summed E-state index contributed by atoms with van der Waals surface area (Å²) in [7, 11) is 0. The third-order valence-corrected chi connectivity index (χ3v) is 4.10. The van der Waals surface area contributed by atoms with E-state index < -0.39 is 18.0 Å². The highest BCUT2D eigenvalue weighted by atomic mass is 32.1. The molecule has 7 nitrogen and oxygen atoms in total. The van der Waals surface area contributed by atoms with Gasteiger partial charge in [0, 0.05) is 10.9 Å². The van der Waals surface area contributed by atoms with Gasteiger partial charge in [0.25, 0.3) is 5.91 Å². The van der Waals surface area contributed by atoms with E-state index in [1.807, 2.05) is 36.6 Å². The fourth-order valence-corrected chi connectivity index (χ4v) is 2.88. The van der Waals surface area contributed by atoms with Crippen molar-refractivity contribution in [2.75, 3.05) is 5.32 Å². The fraction of sp³-hybridized carbons (Fsp3) is 0.200. The molecule has 3 rings (SSSR count). The van der Waals surface area contributed by atoms with Crippen molar-refractivity contribution in [3.63, 3.8) is 0 Å². The van der Waals surface area contributed by atoms with Gasteiger partial charge < -0.3 is 10.6 Å². The van der Waals surface area contributed by atoms with Crippen molar-refractivity contribution < 1.29 is 14.4 Å². The second kappa shape index (κ2) is 6.17. The largest absolute Gasteiger partial charge is 0.325 e. The topological polar surface area (TPSA) is 100 Å². The smallest absolute Gasteiger partial charge is 0.322 e.